The Hall–Kier alpha value is -0.570. The molecule has 5 rings (SSSR count). The van der Waals surface area contributed by atoms with Crippen molar-refractivity contribution < 1.29 is 9.53 Å². The Kier molecular flexibility index (Phi) is 3.15. The molecule has 1 aliphatic heterocycles. The van der Waals surface area contributed by atoms with Crippen LogP contribution in [0.5, 0.6) is 0 Å². The van der Waals surface area contributed by atoms with Crippen LogP contribution in [0.4, 0.5) is 0 Å². The second kappa shape index (κ2) is 4.71. The van der Waals surface area contributed by atoms with Gasteiger partial charge in [0, 0.05) is 13.0 Å². The molecule has 0 aromatic carbocycles. The van der Waals surface area contributed by atoms with Crippen LogP contribution in [-0.4, -0.2) is 36.1 Å². The number of amides is 1. The number of ether oxygens (including phenoxy) is 1. The van der Waals surface area contributed by atoms with Gasteiger partial charge >= 0.3 is 0 Å². The molecule has 1 amide bonds. The lowest BCUT2D eigenvalue weighted by Crippen LogP contribution is -2.57. The highest BCUT2D eigenvalue weighted by atomic mass is 16.5. The summed E-state index contributed by atoms with van der Waals surface area (Å²) in [4.78, 5) is 15.1. The van der Waals surface area contributed by atoms with Gasteiger partial charge in [0.2, 0.25) is 5.91 Å². The molecule has 21 heavy (non-hydrogen) atoms. The van der Waals surface area contributed by atoms with Crippen molar-refractivity contribution in [1.82, 2.24) is 4.90 Å². The summed E-state index contributed by atoms with van der Waals surface area (Å²) in [6.07, 6.45) is 9.16. The zero-order valence-electron chi connectivity index (χ0n) is 13.6. The lowest BCUT2D eigenvalue weighted by atomic mass is 9.49. The molecule has 0 aromatic rings. The van der Waals surface area contributed by atoms with E-state index < -0.39 is 0 Å². The smallest absolute Gasteiger partial charge is 0.223 e. The molecule has 0 unspecified atom stereocenters. The molecule has 1 heterocycles. The van der Waals surface area contributed by atoms with E-state index in [9.17, 15) is 4.79 Å². The van der Waals surface area contributed by atoms with Crippen LogP contribution < -0.4 is 0 Å². The van der Waals surface area contributed by atoms with Gasteiger partial charge in [0.1, 0.15) is 0 Å². The molecule has 0 radical (unpaired) electrons. The highest BCUT2D eigenvalue weighted by molar-refractivity contribution is 5.78. The Balaban J connectivity index is 1.49. The Morgan fingerprint density at radius 1 is 1.10 bits per heavy atom. The van der Waals surface area contributed by atoms with Crippen LogP contribution in [0.3, 0.4) is 0 Å². The van der Waals surface area contributed by atoms with Crippen LogP contribution in [0.15, 0.2) is 0 Å². The minimum absolute atomic E-state index is 0.127. The fraction of sp³-hybridized carbons (Fsp3) is 0.944. The summed E-state index contributed by atoms with van der Waals surface area (Å²) in [5.74, 6) is 3.19. The SMILES string of the molecule is CC1(C)COCCN1C(=O)CC12CC3CC(CC(C3)C1)C2. The van der Waals surface area contributed by atoms with Gasteiger partial charge in [-0.05, 0) is 75.5 Å². The zero-order valence-corrected chi connectivity index (χ0v) is 13.6. The normalized spacial score (nSPS) is 44.1. The molecule has 5 aliphatic rings. The summed E-state index contributed by atoms with van der Waals surface area (Å²) in [6, 6.07) is 0. The van der Waals surface area contributed by atoms with E-state index in [2.05, 4.69) is 18.7 Å². The molecular weight excluding hydrogens is 262 g/mol. The number of carbonyl (C=O) groups excluding carboxylic acids is 1. The lowest BCUT2D eigenvalue weighted by Gasteiger charge is -2.57. The second-order valence-electron chi connectivity index (χ2n) is 9.00. The van der Waals surface area contributed by atoms with Crippen molar-refractivity contribution in [2.45, 2.75) is 64.3 Å². The van der Waals surface area contributed by atoms with Crippen LogP contribution in [0.1, 0.15) is 58.8 Å². The predicted octanol–water partition coefficient (Wildman–Crippen LogP) is 3.23. The van der Waals surface area contributed by atoms with E-state index in [0.29, 0.717) is 24.5 Å². The molecule has 0 atom stereocenters. The summed E-state index contributed by atoms with van der Waals surface area (Å²) in [5.41, 5.74) is 0.234. The Bertz CT molecular complexity index is 407. The fourth-order valence-corrected chi connectivity index (χ4v) is 6.24. The minimum Gasteiger partial charge on any atom is -0.377 e. The number of nitrogens with zero attached hydrogens (tertiary/aromatic N) is 1. The first-order chi connectivity index (χ1) is 9.96. The molecule has 0 aromatic heterocycles. The number of morpholine rings is 1. The first-order valence-corrected chi connectivity index (χ1v) is 8.84. The van der Waals surface area contributed by atoms with Crippen molar-refractivity contribution >= 4 is 5.91 Å². The topological polar surface area (TPSA) is 29.5 Å². The van der Waals surface area contributed by atoms with Crippen LogP contribution >= 0.6 is 0 Å². The molecule has 5 fully saturated rings. The van der Waals surface area contributed by atoms with Gasteiger partial charge in [-0.2, -0.15) is 0 Å². The molecule has 0 N–H and O–H groups in total. The molecule has 4 bridgehead atoms. The van der Waals surface area contributed by atoms with E-state index in [1.54, 1.807) is 0 Å². The molecule has 4 aliphatic carbocycles. The van der Waals surface area contributed by atoms with Crippen molar-refractivity contribution in [3.63, 3.8) is 0 Å². The summed E-state index contributed by atoms with van der Waals surface area (Å²) in [7, 11) is 0. The molecule has 1 saturated heterocycles. The maximum Gasteiger partial charge on any atom is 0.223 e. The third-order valence-corrected chi connectivity index (χ3v) is 6.64. The third kappa shape index (κ3) is 2.42. The molecular formula is C18H29NO2. The summed E-state index contributed by atoms with van der Waals surface area (Å²) in [6.45, 7) is 6.45. The Morgan fingerprint density at radius 3 is 2.19 bits per heavy atom. The van der Waals surface area contributed by atoms with E-state index in [1.807, 2.05) is 0 Å². The molecule has 0 spiro atoms. The van der Waals surface area contributed by atoms with Gasteiger partial charge in [0.05, 0.1) is 18.8 Å². The summed E-state index contributed by atoms with van der Waals surface area (Å²) < 4.78 is 5.57. The first kappa shape index (κ1) is 14.0. The Morgan fingerprint density at radius 2 is 1.67 bits per heavy atom. The second-order valence-corrected chi connectivity index (χ2v) is 9.00. The first-order valence-electron chi connectivity index (χ1n) is 8.84. The maximum absolute atomic E-state index is 13.0. The van der Waals surface area contributed by atoms with E-state index in [0.717, 1.165) is 30.7 Å². The zero-order chi connectivity index (χ0) is 14.7. The highest BCUT2D eigenvalue weighted by Crippen LogP contribution is 2.61. The van der Waals surface area contributed by atoms with Gasteiger partial charge in [0.15, 0.2) is 0 Å². The average molecular weight is 291 g/mol. The quantitative estimate of drug-likeness (QED) is 0.782. The molecule has 118 valence electrons. The lowest BCUT2D eigenvalue weighted by molar-refractivity contribution is -0.153. The van der Waals surface area contributed by atoms with Crippen LogP contribution in [-0.2, 0) is 9.53 Å². The number of carbonyl (C=O) groups is 1. The number of rotatable bonds is 2. The largest absolute Gasteiger partial charge is 0.377 e. The van der Waals surface area contributed by atoms with E-state index >= 15 is 0 Å². The fourth-order valence-electron chi connectivity index (χ4n) is 6.24. The van der Waals surface area contributed by atoms with E-state index in [4.69, 9.17) is 4.74 Å². The van der Waals surface area contributed by atoms with Gasteiger partial charge < -0.3 is 9.64 Å². The minimum atomic E-state index is -0.127. The predicted molar refractivity (Wildman–Crippen MR) is 81.8 cm³/mol. The van der Waals surface area contributed by atoms with Crippen molar-refractivity contribution in [2.75, 3.05) is 19.8 Å². The van der Waals surface area contributed by atoms with Gasteiger partial charge in [-0.3, -0.25) is 4.79 Å². The average Bonchev–Trinajstić information content (AvgIpc) is 2.35. The molecule has 4 saturated carbocycles. The van der Waals surface area contributed by atoms with Crippen LogP contribution in [0, 0.1) is 23.2 Å². The standard InChI is InChI=1S/C18H29NO2/c1-17(2)12-21-4-3-19(17)16(20)11-18-8-13-5-14(9-18)7-15(6-13)10-18/h13-15H,3-12H2,1-2H3. The Labute approximate surface area is 128 Å². The van der Waals surface area contributed by atoms with Gasteiger partial charge in [-0.15, -0.1) is 0 Å². The van der Waals surface area contributed by atoms with Crippen LogP contribution in [0.25, 0.3) is 0 Å². The van der Waals surface area contributed by atoms with Gasteiger partial charge in [-0.25, -0.2) is 0 Å². The van der Waals surface area contributed by atoms with Crippen LogP contribution in [0.2, 0.25) is 0 Å². The van der Waals surface area contributed by atoms with Crippen molar-refractivity contribution in [1.29, 1.82) is 0 Å². The summed E-state index contributed by atoms with van der Waals surface area (Å²) in [5, 5.41) is 0. The third-order valence-electron chi connectivity index (χ3n) is 6.64. The summed E-state index contributed by atoms with van der Waals surface area (Å²) >= 11 is 0. The van der Waals surface area contributed by atoms with E-state index in [1.165, 1.54) is 38.5 Å². The van der Waals surface area contributed by atoms with E-state index in [-0.39, 0.29) is 5.54 Å². The van der Waals surface area contributed by atoms with Crippen molar-refractivity contribution in [2.24, 2.45) is 23.2 Å². The van der Waals surface area contributed by atoms with Crippen molar-refractivity contribution in [3.05, 3.63) is 0 Å². The number of hydrogen-bond donors (Lipinski definition) is 0. The molecule has 3 nitrogen and oxygen atoms in total. The van der Waals surface area contributed by atoms with Gasteiger partial charge in [-0.1, -0.05) is 0 Å². The van der Waals surface area contributed by atoms with Gasteiger partial charge in [0.25, 0.3) is 0 Å². The molecule has 3 heteroatoms. The van der Waals surface area contributed by atoms with Crippen molar-refractivity contribution in [3.8, 4) is 0 Å². The monoisotopic (exact) mass is 291 g/mol. The number of hydrogen-bond acceptors (Lipinski definition) is 2. The highest BCUT2D eigenvalue weighted by Gasteiger charge is 2.52. The maximum atomic E-state index is 13.0.